The van der Waals surface area contributed by atoms with Gasteiger partial charge in [-0.3, -0.25) is 4.79 Å². The van der Waals surface area contributed by atoms with E-state index >= 15 is 0 Å². The minimum absolute atomic E-state index is 0.0739. The molecule has 0 aromatic heterocycles. The molecule has 6 nitrogen and oxygen atoms in total. The summed E-state index contributed by atoms with van der Waals surface area (Å²) in [6.07, 6.45) is 1.57. The van der Waals surface area contributed by atoms with Gasteiger partial charge in [-0.2, -0.15) is 5.10 Å². The van der Waals surface area contributed by atoms with Gasteiger partial charge in [0.1, 0.15) is 12.4 Å². The normalized spacial score (nSPS) is 15.3. The van der Waals surface area contributed by atoms with E-state index in [0.717, 1.165) is 11.1 Å². The first kappa shape index (κ1) is 18.9. The van der Waals surface area contributed by atoms with Crippen LogP contribution in [0.4, 0.5) is 4.39 Å². The quantitative estimate of drug-likeness (QED) is 0.584. The van der Waals surface area contributed by atoms with Gasteiger partial charge in [0.2, 0.25) is 5.91 Å². The molecule has 1 aliphatic heterocycles. The first-order valence-corrected chi connectivity index (χ1v) is 9.30. The highest BCUT2D eigenvalue weighted by Gasteiger charge is 2.16. The van der Waals surface area contributed by atoms with Crippen molar-refractivity contribution >= 4 is 29.1 Å². The van der Waals surface area contributed by atoms with Gasteiger partial charge in [-0.25, -0.2) is 4.39 Å². The molecule has 0 spiro atoms. The third-order valence-electron chi connectivity index (χ3n) is 3.52. The smallest absolute Gasteiger partial charge is 0.236 e. The lowest BCUT2D eigenvalue weighted by Crippen LogP contribution is -2.19. The van der Waals surface area contributed by atoms with Gasteiger partial charge >= 0.3 is 0 Å². The molecule has 2 aromatic carbocycles. The molecule has 1 fully saturated rings. The lowest BCUT2D eigenvalue weighted by Gasteiger charge is -2.12. The molecular formula is C19H18FN3O3S. The van der Waals surface area contributed by atoms with Crippen LogP contribution in [-0.4, -0.2) is 29.6 Å². The standard InChI is InChI=1S/C19H18FN3O3S/c1-2-25-17-9-14(10-21-23-19-22-18(24)12-27-19)5-8-16(17)26-11-13-3-6-15(20)7-4-13/h3-10H,2,11-12H2,1H3,(H,22,23,24)/b21-10-. The van der Waals surface area contributed by atoms with E-state index in [1.54, 1.807) is 30.5 Å². The van der Waals surface area contributed by atoms with Gasteiger partial charge in [-0.1, -0.05) is 23.9 Å². The number of ether oxygens (including phenoxy) is 2. The Kier molecular flexibility index (Phi) is 6.43. The highest BCUT2D eigenvalue weighted by atomic mass is 32.2. The first-order chi connectivity index (χ1) is 13.1. The number of benzene rings is 2. The summed E-state index contributed by atoms with van der Waals surface area (Å²) < 4.78 is 24.4. The molecule has 140 valence electrons. The highest BCUT2D eigenvalue weighted by Crippen LogP contribution is 2.29. The fourth-order valence-electron chi connectivity index (χ4n) is 2.26. The number of nitrogens with zero attached hydrogens (tertiary/aromatic N) is 2. The van der Waals surface area contributed by atoms with Crippen LogP contribution >= 0.6 is 11.8 Å². The number of rotatable bonds is 7. The summed E-state index contributed by atoms with van der Waals surface area (Å²) in [4.78, 5) is 11.1. The second-order valence-corrected chi connectivity index (χ2v) is 6.50. The summed E-state index contributed by atoms with van der Waals surface area (Å²) >= 11 is 1.31. The molecule has 8 heteroatoms. The zero-order valence-electron chi connectivity index (χ0n) is 14.6. The Balaban J connectivity index is 1.68. The van der Waals surface area contributed by atoms with Crippen LogP contribution in [0.3, 0.4) is 0 Å². The van der Waals surface area contributed by atoms with Crippen LogP contribution < -0.4 is 14.8 Å². The van der Waals surface area contributed by atoms with Crippen molar-refractivity contribution in [1.82, 2.24) is 5.32 Å². The largest absolute Gasteiger partial charge is 0.490 e. The van der Waals surface area contributed by atoms with Gasteiger partial charge in [-0.05, 0) is 48.4 Å². The van der Waals surface area contributed by atoms with E-state index in [4.69, 9.17) is 9.47 Å². The maximum absolute atomic E-state index is 13.0. The molecule has 27 heavy (non-hydrogen) atoms. The second kappa shape index (κ2) is 9.18. The summed E-state index contributed by atoms with van der Waals surface area (Å²) in [5.74, 6) is 1.18. The molecule has 0 unspecified atom stereocenters. The van der Waals surface area contributed by atoms with E-state index in [1.807, 2.05) is 13.0 Å². The Labute approximate surface area is 160 Å². The molecular weight excluding hydrogens is 369 g/mol. The number of carbonyl (C=O) groups is 1. The van der Waals surface area contributed by atoms with Crippen LogP contribution in [0.5, 0.6) is 11.5 Å². The van der Waals surface area contributed by atoms with Crippen molar-refractivity contribution in [3.05, 3.63) is 59.4 Å². The minimum atomic E-state index is -0.281. The molecule has 1 N–H and O–H groups in total. The molecule has 0 aliphatic carbocycles. The summed E-state index contributed by atoms with van der Waals surface area (Å²) in [5, 5.41) is 11.0. The van der Waals surface area contributed by atoms with Crippen molar-refractivity contribution in [2.45, 2.75) is 13.5 Å². The van der Waals surface area contributed by atoms with Gasteiger partial charge in [0.05, 0.1) is 18.6 Å². The number of nitrogens with one attached hydrogen (secondary N) is 1. The third kappa shape index (κ3) is 5.55. The minimum Gasteiger partial charge on any atom is -0.490 e. The fraction of sp³-hybridized carbons (Fsp3) is 0.211. The maximum atomic E-state index is 13.0. The maximum Gasteiger partial charge on any atom is 0.236 e. The summed E-state index contributed by atoms with van der Waals surface area (Å²) in [6, 6.07) is 11.6. The van der Waals surface area contributed by atoms with Crippen LogP contribution in [0.1, 0.15) is 18.1 Å². The van der Waals surface area contributed by atoms with Crippen molar-refractivity contribution in [3.8, 4) is 11.5 Å². The van der Waals surface area contributed by atoms with Crippen molar-refractivity contribution in [2.24, 2.45) is 10.2 Å². The fourth-order valence-corrected chi connectivity index (χ4v) is 2.89. The van der Waals surface area contributed by atoms with Gasteiger partial charge in [-0.15, -0.1) is 5.10 Å². The lowest BCUT2D eigenvalue weighted by molar-refractivity contribution is -0.116. The Morgan fingerprint density at radius 1 is 1.19 bits per heavy atom. The van der Waals surface area contributed by atoms with Crippen molar-refractivity contribution in [3.63, 3.8) is 0 Å². The van der Waals surface area contributed by atoms with Crippen LogP contribution in [-0.2, 0) is 11.4 Å². The highest BCUT2D eigenvalue weighted by molar-refractivity contribution is 8.15. The molecule has 1 aliphatic rings. The van der Waals surface area contributed by atoms with E-state index in [-0.39, 0.29) is 11.7 Å². The third-order valence-corrected chi connectivity index (χ3v) is 4.38. The van der Waals surface area contributed by atoms with E-state index < -0.39 is 0 Å². The van der Waals surface area contributed by atoms with Crippen molar-refractivity contribution < 1.29 is 18.7 Å². The molecule has 1 saturated heterocycles. The zero-order chi connectivity index (χ0) is 19.1. The van der Waals surface area contributed by atoms with Crippen LogP contribution in [0, 0.1) is 5.82 Å². The SMILES string of the molecule is CCOc1cc(/C=N\N=C2/NC(=O)CS2)ccc1OCc1ccc(F)cc1. The van der Waals surface area contributed by atoms with Crippen LogP contribution in [0.15, 0.2) is 52.7 Å². The topological polar surface area (TPSA) is 72.3 Å². The van der Waals surface area contributed by atoms with Crippen LogP contribution in [0.25, 0.3) is 0 Å². The number of thioether (sulfide) groups is 1. The average Bonchev–Trinajstić information content (AvgIpc) is 3.08. The Morgan fingerprint density at radius 2 is 2.00 bits per heavy atom. The molecule has 1 amide bonds. The molecule has 0 atom stereocenters. The monoisotopic (exact) mass is 387 g/mol. The predicted octanol–water partition coefficient (Wildman–Crippen LogP) is 3.36. The van der Waals surface area contributed by atoms with E-state index in [1.165, 1.54) is 23.9 Å². The molecule has 2 aromatic rings. The molecule has 0 radical (unpaired) electrons. The van der Waals surface area contributed by atoms with Crippen molar-refractivity contribution in [2.75, 3.05) is 12.4 Å². The number of amides is 1. The molecule has 0 bridgehead atoms. The van der Waals surface area contributed by atoms with Gasteiger partial charge in [0.25, 0.3) is 0 Å². The molecule has 0 saturated carbocycles. The van der Waals surface area contributed by atoms with E-state index in [9.17, 15) is 9.18 Å². The summed E-state index contributed by atoms with van der Waals surface area (Å²) in [7, 11) is 0. The average molecular weight is 387 g/mol. The van der Waals surface area contributed by atoms with Gasteiger partial charge in [0, 0.05) is 0 Å². The second-order valence-electron chi connectivity index (χ2n) is 5.54. The molecule has 3 rings (SSSR count). The summed E-state index contributed by atoms with van der Waals surface area (Å²) in [6.45, 7) is 2.67. The predicted molar refractivity (Wildman–Crippen MR) is 104 cm³/mol. The number of carbonyl (C=O) groups excluding carboxylic acids is 1. The number of halogens is 1. The first-order valence-electron chi connectivity index (χ1n) is 8.32. The van der Waals surface area contributed by atoms with E-state index in [2.05, 4.69) is 15.5 Å². The van der Waals surface area contributed by atoms with E-state index in [0.29, 0.717) is 35.6 Å². The zero-order valence-corrected chi connectivity index (χ0v) is 15.5. The Bertz CT molecular complexity index is 869. The number of amidine groups is 1. The lowest BCUT2D eigenvalue weighted by atomic mass is 10.2. The van der Waals surface area contributed by atoms with Gasteiger partial charge < -0.3 is 14.8 Å². The Morgan fingerprint density at radius 3 is 2.70 bits per heavy atom. The Hall–Kier alpha value is -2.87. The van der Waals surface area contributed by atoms with Crippen molar-refractivity contribution in [1.29, 1.82) is 0 Å². The van der Waals surface area contributed by atoms with Gasteiger partial charge in [0.15, 0.2) is 16.7 Å². The van der Waals surface area contributed by atoms with Crippen LogP contribution in [0.2, 0.25) is 0 Å². The summed E-state index contributed by atoms with van der Waals surface area (Å²) in [5.41, 5.74) is 1.64. The number of hydrogen-bond acceptors (Lipinski definition) is 6. The number of hydrogen-bond donors (Lipinski definition) is 1. The molecule has 1 heterocycles.